The van der Waals surface area contributed by atoms with Crippen LogP contribution in [-0.2, 0) is 28.9 Å². The van der Waals surface area contributed by atoms with Crippen molar-refractivity contribution in [3.63, 3.8) is 0 Å². The van der Waals surface area contributed by atoms with Gasteiger partial charge in [-0.1, -0.05) is 0 Å². The van der Waals surface area contributed by atoms with Gasteiger partial charge in [0.1, 0.15) is 5.75 Å². The summed E-state index contributed by atoms with van der Waals surface area (Å²) in [6.07, 6.45) is -11.5. The van der Waals surface area contributed by atoms with Crippen LogP contribution in [-0.4, -0.2) is 45.7 Å². The Labute approximate surface area is 189 Å². The van der Waals surface area contributed by atoms with Gasteiger partial charge >= 0.3 is 12.4 Å². The van der Waals surface area contributed by atoms with Crippen LogP contribution in [0.4, 0.5) is 32.0 Å². The Morgan fingerprint density at radius 2 is 1.97 bits per heavy atom. The molecular formula is C21H21F6N3O4. The van der Waals surface area contributed by atoms with E-state index in [1.807, 2.05) is 0 Å². The molecule has 1 aromatic heterocycles. The predicted octanol–water partition coefficient (Wildman–Crippen LogP) is 3.73. The average molecular weight is 493 g/mol. The normalized spacial score (nSPS) is 26.7. The van der Waals surface area contributed by atoms with Gasteiger partial charge in [0.25, 0.3) is 0 Å². The molecule has 5 unspecified atom stereocenters. The van der Waals surface area contributed by atoms with E-state index in [2.05, 4.69) is 10.4 Å². The molecule has 2 aliphatic heterocycles. The first kappa shape index (κ1) is 24.3. The SMILES string of the molecule is CCOc1ccc(NC(=O)C2C3CC(O)C(O3)C2c2cn(C)nc2C(F)(F)F)cc1C(F)(F)F. The third-order valence-electron chi connectivity index (χ3n) is 5.97. The second-order valence-corrected chi connectivity index (χ2v) is 8.23. The molecule has 2 fully saturated rings. The molecule has 0 radical (unpaired) electrons. The molecule has 2 aliphatic rings. The van der Waals surface area contributed by atoms with Crippen molar-refractivity contribution in [3.8, 4) is 5.75 Å². The lowest BCUT2D eigenvalue weighted by Gasteiger charge is -2.30. The Bertz CT molecular complexity index is 1080. The summed E-state index contributed by atoms with van der Waals surface area (Å²) in [4.78, 5) is 13.1. The van der Waals surface area contributed by atoms with E-state index < -0.39 is 65.4 Å². The number of anilines is 1. The van der Waals surface area contributed by atoms with Gasteiger partial charge in [-0.05, 0) is 25.1 Å². The number of fused-ring (bicyclic) bond motifs is 2. The fourth-order valence-electron chi connectivity index (χ4n) is 4.72. The lowest BCUT2D eigenvalue weighted by Crippen LogP contribution is -2.41. The summed E-state index contributed by atoms with van der Waals surface area (Å²) in [5, 5.41) is 16.1. The molecule has 7 nitrogen and oxygen atoms in total. The number of hydrogen-bond donors (Lipinski definition) is 2. The Morgan fingerprint density at radius 3 is 2.59 bits per heavy atom. The van der Waals surface area contributed by atoms with Crippen LogP contribution in [0, 0.1) is 5.92 Å². The highest BCUT2D eigenvalue weighted by Crippen LogP contribution is 2.51. The number of carbonyl (C=O) groups excluding carboxylic acids is 1. The molecule has 2 N–H and O–H groups in total. The number of alkyl halides is 6. The lowest BCUT2D eigenvalue weighted by molar-refractivity contribution is -0.143. The van der Waals surface area contributed by atoms with E-state index in [0.29, 0.717) is 6.07 Å². The van der Waals surface area contributed by atoms with Gasteiger partial charge in [0.05, 0.1) is 36.4 Å². The second kappa shape index (κ2) is 8.45. The Balaban J connectivity index is 1.67. The first-order valence-corrected chi connectivity index (χ1v) is 10.4. The zero-order chi connectivity index (χ0) is 25.0. The van der Waals surface area contributed by atoms with Crippen molar-refractivity contribution in [1.82, 2.24) is 9.78 Å². The minimum absolute atomic E-state index is 0.00603. The van der Waals surface area contributed by atoms with Gasteiger partial charge in [-0.15, -0.1) is 0 Å². The molecule has 0 saturated carbocycles. The van der Waals surface area contributed by atoms with Gasteiger partial charge in [0.2, 0.25) is 5.91 Å². The van der Waals surface area contributed by atoms with E-state index >= 15 is 0 Å². The van der Waals surface area contributed by atoms with Gasteiger partial charge in [0, 0.05) is 36.8 Å². The number of nitrogens with one attached hydrogen (secondary N) is 1. The first-order chi connectivity index (χ1) is 15.8. The number of benzene rings is 1. The van der Waals surface area contributed by atoms with Gasteiger partial charge < -0.3 is 19.9 Å². The number of hydrogen-bond acceptors (Lipinski definition) is 5. The number of nitrogens with zero attached hydrogens (tertiary/aromatic N) is 2. The van der Waals surface area contributed by atoms with Crippen molar-refractivity contribution in [3.05, 3.63) is 41.2 Å². The van der Waals surface area contributed by atoms with E-state index in [0.717, 1.165) is 16.9 Å². The number of aromatic nitrogens is 2. The maximum absolute atomic E-state index is 13.6. The van der Waals surface area contributed by atoms with Gasteiger partial charge in [-0.25, -0.2) is 0 Å². The predicted molar refractivity (Wildman–Crippen MR) is 105 cm³/mol. The zero-order valence-corrected chi connectivity index (χ0v) is 17.9. The van der Waals surface area contributed by atoms with Crippen LogP contribution < -0.4 is 10.1 Å². The van der Waals surface area contributed by atoms with E-state index in [4.69, 9.17) is 9.47 Å². The van der Waals surface area contributed by atoms with Crippen LogP contribution in [0.15, 0.2) is 24.4 Å². The third-order valence-corrected chi connectivity index (χ3v) is 5.97. The molecule has 1 amide bonds. The van der Waals surface area contributed by atoms with Crippen LogP contribution in [0.25, 0.3) is 0 Å². The summed E-state index contributed by atoms with van der Waals surface area (Å²) < 4.78 is 92.7. The molecule has 34 heavy (non-hydrogen) atoms. The summed E-state index contributed by atoms with van der Waals surface area (Å²) in [6.45, 7) is 1.51. The van der Waals surface area contributed by atoms with Gasteiger partial charge in [0.15, 0.2) is 5.69 Å². The zero-order valence-electron chi connectivity index (χ0n) is 17.9. The van der Waals surface area contributed by atoms with Crippen molar-refractivity contribution in [2.75, 3.05) is 11.9 Å². The molecule has 3 heterocycles. The highest BCUT2D eigenvalue weighted by Gasteiger charge is 2.59. The highest BCUT2D eigenvalue weighted by molar-refractivity contribution is 5.94. The minimum atomic E-state index is -4.82. The summed E-state index contributed by atoms with van der Waals surface area (Å²) in [7, 11) is 1.29. The molecule has 2 saturated heterocycles. The monoisotopic (exact) mass is 493 g/mol. The van der Waals surface area contributed by atoms with Crippen LogP contribution in [0.1, 0.15) is 36.1 Å². The summed E-state index contributed by atoms with van der Waals surface area (Å²) in [6, 6.07) is 2.97. The quantitative estimate of drug-likeness (QED) is 0.621. The molecule has 1 aromatic carbocycles. The van der Waals surface area contributed by atoms with Crippen LogP contribution >= 0.6 is 0 Å². The summed E-state index contributed by atoms with van der Waals surface area (Å²) in [5.41, 5.74) is -2.83. The Kier molecular flexibility index (Phi) is 6.05. The molecular weight excluding hydrogens is 472 g/mol. The fraction of sp³-hybridized carbons (Fsp3) is 0.524. The number of rotatable bonds is 5. The van der Waals surface area contributed by atoms with Gasteiger partial charge in [-0.2, -0.15) is 31.4 Å². The standard InChI is InChI=1S/C21H21F6N3O4/c1-3-33-13-5-4-9(6-11(13)20(22,23)24)28-19(32)16-14-7-12(31)17(34-14)15(16)10-8-30(2)29-18(10)21(25,26)27/h4-6,8,12,14-17,31H,3,7H2,1-2H3,(H,28,32). The van der Waals surface area contributed by atoms with Crippen molar-refractivity contribution in [2.24, 2.45) is 13.0 Å². The summed E-state index contributed by atoms with van der Waals surface area (Å²) in [5.74, 6) is -3.61. The van der Waals surface area contributed by atoms with Crippen LogP contribution in [0.3, 0.4) is 0 Å². The van der Waals surface area contributed by atoms with E-state index in [1.54, 1.807) is 0 Å². The first-order valence-electron chi connectivity index (χ1n) is 10.4. The number of carbonyl (C=O) groups is 1. The van der Waals surface area contributed by atoms with Crippen LogP contribution in [0.5, 0.6) is 5.75 Å². The van der Waals surface area contributed by atoms with Gasteiger partial charge in [-0.3, -0.25) is 9.48 Å². The minimum Gasteiger partial charge on any atom is -0.493 e. The maximum atomic E-state index is 13.6. The Morgan fingerprint density at radius 1 is 1.26 bits per heavy atom. The highest BCUT2D eigenvalue weighted by atomic mass is 19.4. The molecule has 186 valence electrons. The fourth-order valence-corrected chi connectivity index (χ4v) is 4.72. The molecule has 0 aliphatic carbocycles. The van der Waals surface area contributed by atoms with Crippen molar-refractivity contribution >= 4 is 11.6 Å². The number of ether oxygens (including phenoxy) is 2. The number of amides is 1. The van der Waals surface area contributed by atoms with Crippen LogP contribution in [0.2, 0.25) is 0 Å². The lowest BCUT2D eigenvalue weighted by atomic mass is 9.73. The number of aryl methyl sites for hydroxylation is 1. The molecule has 2 aromatic rings. The molecule has 5 atom stereocenters. The second-order valence-electron chi connectivity index (χ2n) is 8.23. The van der Waals surface area contributed by atoms with E-state index in [9.17, 15) is 36.2 Å². The van der Waals surface area contributed by atoms with Crippen molar-refractivity contribution in [2.45, 2.75) is 49.9 Å². The summed E-state index contributed by atoms with van der Waals surface area (Å²) >= 11 is 0. The smallest absolute Gasteiger partial charge is 0.435 e. The molecule has 13 heteroatoms. The van der Waals surface area contributed by atoms with E-state index in [-0.39, 0.29) is 24.3 Å². The largest absolute Gasteiger partial charge is 0.493 e. The number of halogens is 6. The molecule has 4 rings (SSSR count). The van der Waals surface area contributed by atoms with Crippen molar-refractivity contribution < 1.29 is 45.7 Å². The average Bonchev–Trinajstić information content (AvgIpc) is 3.39. The number of aliphatic hydroxyl groups is 1. The number of aliphatic hydroxyl groups excluding tert-OH is 1. The topological polar surface area (TPSA) is 85.6 Å². The Hall–Kier alpha value is -2.80. The van der Waals surface area contributed by atoms with E-state index in [1.165, 1.54) is 20.0 Å². The maximum Gasteiger partial charge on any atom is 0.435 e. The third kappa shape index (κ3) is 4.33. The molecule has 2 bridgehead atoms. The molecule has 0 spiro atoms. The van der Waals surface area contributed by atoms with Crippen molar-refractivity contribution in [1.29, 1.82) is 0 Å².